The van der Waals surface area contributed by atoms with E-state index in [9.17, 15) is 4.79 Å². The molecule has 1 heterocycles. The number of hydrogen-bond acceptors (Lipinski definition) is 3. The zero-order valence-corrected chi connectivity index (χ0v) is 16.4. The van der Waals surface area contributed by atoms with Crippen molar-refractivity contribution in [3.8, 4) is 5.75 Å². The number of rotatable bonds is 6. The van der Waals surface area contributed by atoms with Crippen LogP contribution in [0.3, 0.4) is 0 Å². The molecule has 0 radical (unpaired) electrons. The van der Waals surface area contributed by atoms with Gasteiger partial charge in [0, 0.05) is 28.4 Å². The minimum absolute atomic E-state index is 0. The van der Waals surface area contributed by atoms with Crippen molar-refractivity contribution in [2.24, 2.45) is 0 Å². The molecule has 0 saturated heterocycles. The van der Waals surface area contributed by atoms with Crippen molar-refractivity contribution >= 4 is 40.7 Å². The van der Waals surface area contributed by atoms with Gasteiger partial charge in [-0.2, -0.15) is 0 Å². The van der Waals surface area contributed by atoms with Gasteiger partial charge in [0.25, 0.3) is 0 Å². The molecule has 0 aliphatic carbocycles. The maximum atomic E-state index is 11.4. The zero-order chi connectivity index (χ0) is 18.6. The number of aromatic amines is 2. The summed E-state index contributed by atoms with van der Waals surface area (Å²) in [5.74, 6) is 0.807. The van der Waals surface area contributed by atoms with Gasteiger partial charge >= 0.3 is 5.69 Å². The van der Waals surface area contributed by atoms with Gasteiger partial charge in [0.2, 0.25) is 0 Å². The van der Waals surface area contributed by atoms with E-state index in [1.54, 1.807) is 0 Å². The Hall–Kier alpha value is -2.89. The topological polar surface area (TPSA) is 69.9 Å². The van der Waals surface area contributed by atoms with Crippen molar-refractivity contribution in [2.75, 3.05) is 5.32 Å². The standard InChI is InChI=1S/C21H18ClN3O2.ClH/c22-17-7-3-1-6-15(17)13-27-20-8-4-2-5-14(20)12-23-16-9-10-18-19(11-16)25-21(26)24-18;/h1-11,23H,12-13H2,(H2,24,25,26);1H. The van der Waals surface area contributed by atoms with Crippen LogP contribution < -0.4 is 15.7 Å². The van der Waals surface area contributed by atoms with E-state index in [4.69, 9.17) is 16.3 Å². The largest absolute Gasteiger partial charge is 0.488 e. The second-order valence-corrected chi connectivity index (χ2v) is 6.59. The first kappa shape index (κ1) is 19.9. The number of nitrogens with one attached hydrogen (secondary N) is 3. The highest BCUT2D eigenvalue weighted by Crippen LogP contribution is 2.23. The highest BCUT2D eigenvalue weighted by molar-refractivity contribution is 6.31. The number of ether oxygens (including phenoxy) is 1. The van der Waals surface area contributed by atoms with Gasteiger partial charge in [-0.15, -0.1) is 12.4 Å². The van der Waals surface area contributed by atoms with Crippen molar-refractivity contribution in [3.63, 3.8) is 0 Å². The monoisotopic (exact) mass is 415 g/mol. The van der Waals surface area contributed by atoms with Gasteiger partial charge in [0.15, 0.2) is 0 Å². The molecular formula is C21H19Cl2N3O2. The van der Waals surface area contributed by atoms with Gasteiger partial charge in [0.1, 0.15) is 12.4 Å². The van der Waals surface area contributed by atoms with E-state index >= 15 is 0 Å². The number of benzene rings is 3. The number of aromatic nitrogens is 2. The third-order valence-electron chi connectivity index (χ3n) is 4.31. The Morgan fingerprint density at radius 2 is 1.61 bits per heavy atom. The highest BCUT2D eigenvalue weighted by Gasteiger charge is 2.06. The number of imidazole rings is 1. The molecule has 0 unspecified atom stereocenters. The summed E-state index contributed by atoms with van der Waals surface area (Å²) in [5.41, 5.74) is 4.25. The third kappa shape index (κ3) is 4.50. The first-order chi connectivity index (χ1) is 13.2. The minimum atomic E-state index is -0.208. The fourth-order valence-corrected chi connectivity index (χ4v) is 3.09. The number of fused-ring (bicyclic) bond motifs is 1. The van der Waals surface area contributed by atoms with Gasteiger partial charge in [-0.1, -0.05) is 48.0 Å². The van der Waals surface area contributed by atoms with Crippen molar-refractivity contribution in [3.05, 3.63) is 93.4 Å². The third-order valence-corrected chi connectivity index (χ3v) is 4.68. The first-order valence-electron chi connectivity index (χ1n) is 8.59. The lowest BCUT2D eigenvalue weighted by Crippen LogP contribution is -2.04. The number of para-hydroxylation sites is 1. The summed E-state index contributed by atoms with van der Waals surface area (Å²) in [6.45, 7) is 1.01. The molecule has 3 N–H and O–H groups in total. The molecule has 0 amide bonds. The molecular weight excluding hydrogens is 397 g/mol. The average Bonchev–Trinajstić information content (AvgIpc) is 3.05. The van der Waals surface area contributed by atoms with E-state index in [-0.39, 0.29) is 18.1 Å². The Labute approximate surface area is 173 Å². The van der Waals surface area contributed by atoms with Crippen LogP contribution in [-0.2, 0) is 13.2 Å². The summed E-state index contributed by atoms with van der Waals surface area (Å²) in [6, 6.07) is 21.2. The van der Waals surface area contributed by atoms with E-state index < -0.39 is 0 Å². The number of anilines is 1. The summed E-state index contributed by atoms with van der Waals surface area (Å²) < 4.78 is 5.99. The van der Waals surface area contributed by atoms with Gasteiger partial charge < -0.3 is 20.0 Å². The zero-order valence-electron chi connectivity index (χ0n) is 14.9. The van der Waals surface area contributed by atoms with Crippen LogP contribution in [0.4, 0.5) is 5.69 Å². The average molecular weight is 416 g/mol. The van der Waals surface area contributed by atoms with Crippen LogP contribution in [0, 0.1) is 0 Å². The molecule has 144 valence electrons. The van der Waals surface area contributed by atoms with Gasteiger partial charge in [-0.3, -0.25) is 0 Å². The Kier molecular flexibility index (Phi) is 6.29. The first-order valence-corrected chi connectivity index (χ1v) is 8.97. The lowest BCUT2D eigenvalue weighted by atomic mass is 10.2. The quantitative estimate of drug-likeness (QED) is 0.409. The molecule has 5 nitrogen and oxygen atoms in total. The molecule has 28 heavy (non-hydrogen) atoms. The van der Waals surface area contributed by atoms with Crippen molar-refractivity contribution in [1.82, 2.24) is 9.97 Å². The molecule has 4 aromatic rings. The Balaban J connectivity index is 0.00000225. The molecule has 0 bridgehead atoms. The molecule has 4 rings (SSSR count). The van der Waals surface area contributed by atoms with Crippen molar-refractivity contribution < 1.29 is 4.74 Å². The van der Waals surface area contributed by atoms with E-state index in [1.807, 2.05) is 66.7 Å². The molecule has 1 aromatic heterocycles. The molecule has 0 aliphatic heterocycles. The fraction of sp³-hybridized carbons (Fsp3) is 0.0952. The lowest BCUT2D eigenvalue weighted by molar-refractivity contribution is 0.303. The van der Waals surface area contributed by atoms with E-state index in [0.29, 0.717) is 18.2 Å². The van der Waals surface area contributed by atoms with Crippen LogP contribution in [0.25, 0.3) is 11.0 Å². The van der Waals surface area contributed by atoms with Gasteiger partial charge in [-0.05, 0) is 30.3 Å². The van der Waals surface area contributed by atoms with Crippen LogP contribution in [0.1, 0.15) is 11.1 Å². The predicted octanol–water partition coefficient (Wildman–Crippen LogP) is 5.12. The maximum absolute atomic E-state index is 11.4. The van der Waals surface area contributed by atoms with E-state index in [1.165, 1.54) is 0 Å². The number of halogens is 2. The molecule has 3 aromatic carbocycles. The highest BCUT2D eigenvalue weighted by atomic mass is 35.5. The number of H-pyrrole nitrogens is 2. The second-order valence-electron chi connectivity index (χ2n) is 6.18. The van der Waals surface area contributed by atoms with Crippen LogP contribution in [0.15, 0.2) is 71.5 Å². The molecule has 0 saturated carbocycles. The summed E-state index contributed by atoms with van der Waals surface area (Å²) in [5, 5.41) is 4.07. The number of hydrogen-bond donors (Lipinski definition) is 3. The van der Waals surface area contributed by atoms with Crippen LogP contribution in [-0.4, -0.2) is 9.97 Å². The van der Waals surface area contributed by atoms with Gasteiger partial charge in [-0.25, -0.2) is 4.79 Å². The maximum Gasteiger partial charge on any atom is 0.323 e. The summed E-state index contributed by atoms with van der Waals surface area (Å²) in [6.07, 6.45) is 0. The fourth-order valence-electron chi connectivity index (χ4n) is 2.90. The summed E-state index contributed by atoms with van der Waals surface area (Å²) in [4.78, 5) is 16.9. The SMILES string of the molecule is Cl.O=c1[nH]c2ccc(NCc3ccccc3OCc3ccccc3Cl)cc2[nH]1. The lowest BCUT2D eigenvalue weighted by Gasteiger charge is -2.13. The molecule has 0 fully saturated rings. The Morgan fingerprint density at radius 1 is 0.893 bits per heavy atom. The summed E-state index contributed by atoms with van der Waals surface area (Å²) in [7, 11) is 0. The van der Waals surface area contributed by atoms with Crippen LogP contribution >= 0.6 is 24.0 Å². The Bertz CT molecular complexity index is 1140. The smallest absolute Gasteiger partial charge is 0.323 e. The molecule has 0 aliphatic rings. The van der Waals surface area contributed by atoms with E-state index in [2.05, 4.69) is 15.3 Å². The van der Waals surface area contributed by atoms with Crippen LogP contribution in [0.5, 0.6) is 5.75 Å². The minimum Gasteiger partial charge on any atom is -0.488 e. The Morgan fingerprint density at radius 3 is 2.43 bits per heavy atom. The van der Waals surface area contributed by atoms with Crippen molar-refractivity contribution in [2.45, 2.75) is 13.2 Å². The molecule has 0 spiro atoms. The second kappa shape index (κ2) is 8.87. The normalized spacial score (nSPS) is 10.5. The van der Waals surface area contributed by atoms with Gasteiger partial charge in [0.05, 0.1) is 11.0 Å². The van der Waals surface area contributed by atoms with E-state index in [0.717, 1.165) is 33.6 Å². The summed E-state index contributed by atoms with van der Waals surface area (Å²) >= 11 is 6.20. The molecule has 7 heteroatoms. The molecule has 0 atom stereocenters. The predicted molar refractivity (Wildman–Crippen MR) is 116 cm³/mol. The van der Waals surface area contributed by atoms with Crippen molar-refractivity contribution in [1.29, 1.82) is 0 Å². The van der Waals surface area contributed by atoms with Crippen LogP contribution in [0.2, 0.25) is 5.02 Å².